The number of carbonyl (C=O) groups excluding carboxylic acids is 2. The molecule has 5 rings (SSSR count). The Balaban J connectivity index is 1.27. The summed E-state index contributed by atoms with van der Waals surface area (Å²) in [6, 6.07) is 23.6. The van der Waals surface area contributed by atoms with Crippen LogP contribution in [0, 0.1) is 6.92 Å². The second-order valence-corrected chi connectivity index (χ2v) is 12.1. The van der Waals surface area contributed by atoms with E-state index in [-0.39, 0.29) is 18.2 Å². The van der Waals surface area contributed by atoms with Crippen molar-refractivity contribution >= 4 is 23.5 Å². The van der Waals surface area contributed by atoms with Crippen LogP contribution in [0.1, 0.15) is 44.9 Å². The molecule has 224 valence electrons. The van der Waals surface area contributed by atoms with Crippen molar-refractivity contribution in [1.29, 1.82) is 0 Å². The van der Waals surface area contributed by atoms with E-state index in [1.165, 1.54) is 0 Å². The highest BCUT2D eigenvalue weighted by molar-refractivity contribution is 6.00. The maximum atomic E-state index is 13.0. The molecule has 43 heavy (non-hydrogen) atoms. The molecule has 4 aromatic rings. The van der Waals surface area contributed by atoms with Gasteiger partial charge in [0.2, 0.25) is 0 Å². The second-order valence-electron chi connectivity index (χ2n) is 12.1. The predicted octanol–water partition coefficient (Wildman–Crippen LogP) is 6.98. The second kappa shape index (κ2) is 13.1. The Hall–Kier alpha value is -4.63. The summed E-state index contributed by atoms with van der Waals surface area (Å²) in [6.07, 6.45) is 5.22. The molecule has 0 unspecified atom stereocenters. The maximum Gasteiger partial charge on any atom is 0.407 e. The molecule has 0 spiro atoms. The largest absolute Gasteiger partial charge is 0.444 e. The Bertz CT molecular complexity index is 1540. The van der Waals surface area contributed by atoms with Crippen LogP contribution in [-0.4, -0.2) is 51.3 Å². The Morgan fingerprint density at radius 2 is 1.67 bits per heavy atom. The minimum Gasteiger partial charge on any atom is -0.444 e. The third-order valence-electron chi connectivity index (χ3n) is 7.13. The van der Waals surface area contributed by atoms with Gasteiger partial charge in [-0.25, -0.2) is 14.6 Å². The first-order valence-corrected chi connectivity index (χ1v) is 14.7. The number of likely N-dealkylation sites (tertiary alicyclic amines) is 1. The van der Waals surface area contributed by atoms with E-state index in [0.29, 0.717) is 17.9 Å². The number of ether oxygens (including phenoxy) is 1. The van der Waals surface area contributed by atoms with Crippen LogP contribution in [0.5, 0.6) is 0 Å². The zero-order valence-electron chi connectivity index (χ0n) is 25.3. The number of rotatable bonds is 7. The highest BCUT2D eigenvalue weighted by atomic mass is 16.6. The van der Waals surface area contributed by atoms with Gasteiger partial charge in [0.1, 0.15) is 5.60 Å². The molecule has 3 amide bonds. The first-order valence-electron chi connectivity index (χ1n) is 14.7. The van der Waals surface area contributed by atoms with E-state index in [0.717, 1.165) is 54.0 Å². The molecular formula is C34H40N6O3. The number of carbonyl (C=O) groups is 2. The lowest BCUT2D eigenvalue weighted by atomic mass is 10.0. The average molecular weight is 581 g/mol. The van der Waals surface area contributed by atoms with Crippen LogP contribution in [0.2, 0.25) is 0 Å². The number of amides is 3. The van der Waals surface area contributed by atoms with E-state index in [9.17, 15) is 9.59 Å². The average Bonchev–Trinajstić information content (AvgIpc) is 3.39. The van der Waals surface area contributed by atoms with Crippen molar-refractivity contribution in [2.45, 2.75) is 58.7 Å². The molecule has 0 saturated carbocycles. The molecule has 1 aliphatic heterocycles. The van der Waals surface area contributed by atoms with Gasteiger partial charge >= 0.3 is 12.1 Å². The van der Waals surface area contributed by atoms with Gasteiger partial charge in [-0.2, -0.15) is 0 Å². The molecule has 1 aliphatic rings. The number of hydrogen-bond donors (Lipinski definition) is 3. The van der Waals surface area contributed by atoms with Crippen molar-refractivity contribution in [1.82, 2.24) is 19.8 Å². The number of aromatic nitrogens is 2. The van der Waals surface area contributed by atoms with E-state index in [1.54, 1.807) is 6.33 Å². The molecule has 3 aromatic carbocycles. The first kappa shape index (κ1) is 29.8. The van der Waals surface area contributed by atoms with Crippen LogP contribution < -0.4 is 16.0 Å². The van der Waals surface area contributed by atoms with Crippen LogP contribution in [0.25, 0.3) is 16.8 Å². The number of alkyl carbamates (subject to hydrolysis) is 1. The fourth-order valence-electron chi connectivity index (χ4n) is 5.27. The minimum atomic E-state index is -0.536. The lowest BCUT2D eigenvalue weighted by Crippen LogP contribution is -2.48. The molecule has 1 fully saturated rings. The number of aryl methyl sites for hydroxylation is 1. The van der Waals surface area contributed by atoms with Crippen molar-refractivity contribution in [3.63, 3.8) is 0 Å². The topological polar surface area (TPSA) is 101 Å². The van der Waals surface area contributed by atoms with Gasteiger partial charge in [0.15, 0.2) is 0 Å². The van der Waals surface area contributed by atoms with E-state index >= 15 is 0 Å². The maximum absolute atomic E-state index is 13.0. The van der Waals surface area contributed by atoms with Crippen molar-refractivity contribution in [2.24, 2.45) is 0 Å². The number of benzene rings is 3. The number of imidazole rings is 1. The number of nitrogens with zero attached hydrogens (tertiary/aromatic N) is 3. The SMILES string of the molecule is Cc1cn(-c2cc(CN3CCC[C@H](NC(=O)OC(C)(C)C)C3)cc(NC(=O)Nc3ccc(-c4ccccc4)cc3)c2)cn1. The summed E-state index contributed by atoms with van der Waals surface area (Å²) in [7, 11) is 0. The zero-order chi connectivity index (χ0) is 30.4. The summed E-state index contributed by atoms with van der Waals surface area (Å²) in [5, 5.41) is 8.98. The van der Waals surface area contributed by atoms with Gasteiger partial charge < -0.3 is 25.3 Å². The summed E-state index contributed by atoms with van der Waals surface area (Å²) in [6.45, 7) is 9.85. The molecule has 2 heterocycles. The fraction of sp³-hybridized carbons (Fsp3) is 0.324. The van der Waals surface area contributed by atoms with Crippen LogP contribution in [0.4, 0.5) is 21.0 Å². The third-order valence-corrected chi connectivity index (χ3v) is 7.13. The quantitative estimate of drug-likeness (QED) is 0.219. The van der Waals surface area contributed by atoms with Gasteiger partial charge in [-0.3, -0.25) is 4.90 Å². The molecule has 0 aliphatic carbocycles. The van der Waals surface area contributed by atoms with Gasteiger partial charge in [0, 0.05) is 42.4 Å². The van der Waals surface area contributed by atoms with Gasteiger partial charge in [-0.05, 0) is 94.1 Å². The van der Waals surface area contributed by atoms with Crippen LogP contribution in [-0.2, 0) is 11.3 Å². The fourth-order valence-corrected chi connectivity index (χ4v) is 5.27. The van der Waals surface area contributed by atoms with Crippen LogP contribution >= 0.6 is 0 Å². The number of nitrogens with one attached hydrogen (secondary N) is 3. The summed E-state index contributed by atoms with van der Waals surface area (Å²) >= 11 is 0. The van der Waals surface area contributed by atoms with E-state index in [2.05, 4.69) is 44.0 Å². The standard InChI is InChI=1S/C34H40N6O3/c1-24-20-40(23-35-24)31-18-25(21-39-16-8-11-29(22-39)38-33(42)43-34(2,3)4)17-30(19-31)37-32(41)36-28-14-12-27(13-15-28)26-9-6-5-7-10-26/h5-7,9-10,12-15,17-20,23,29H,8,11,16,21-22H2,1-4H3,(H,38,42)(H2,36,37,41)/t29-/m0/s1. The highest BCUT2D eigenvalue weighted by Gasteiger charge is 2.24. The predicted molar refractivity (Wildman–Crippen MR) is 170 cm³/mol. The Morgan fingerprint density at radius 3 is 2.37 bits per heavy atom. The molecule has 1 atom stereocenters. The molecule has 3 N–H and O–H groups in total. The summed E-state index contributed by atoms with van der Waals surface area (Å²) in [5.41, 5.74) is 5.91. The van der Waals surface area contributed by atoms with Gasteiger partial charge in [-0.15, -0.1) is 0 Å². The first-order chi connectivity index (χ1) is 20.6. The van der Waals surface area contributed by atoms with Crippen molar-refractivity contribution in [3.8, 4) is 16.8 Å². The van der Waals surface area contributed by atoms with E-state index < -0.39 is 5.60 Å². The van der Waals surface area contributed by atoms with E-state index in [1.807, 2.05) is 93.1 Å². The number of piperidine rings is 1. The Morgan fingerprint density at radius 1 is 0.953 bits per heavy atom. The summed E-state index contributed by atoms with van der Waals surface area (Å²) in [5.74, 6) is 0. The van der Waals surface area contributed by atoms with E-state index in [4.69, 9.17) is 4.74 Å². The minimum absolute atomic E-state index is 0.0136. The normalized spacial score (nSPS) is 15.5. The van der Waals surface area contributed by atoms with Gasteiger partial charge in [-0.1, -0.05) is 42.5 Å². The molecule has 9 nitrogen and oxygen atoms in total. The van der Waals surface area contributed by atoms with Gasteiger partial charge in [0.25, 0.3) is 0 Å². The number of hydrogen-bond acceptors (Lipinski definition) is 5. The van der Waals surface area contributed by atoms with Crippen LogP contribution in [0.15, 0.2) is 85.3 Å². The Labute approximate surface area is 253 Å². The molecular weight excluding hydrogens is 540 g/mol. The number of urea groups is 1. The summed E-state index contributed by atoms with van der Waals surface area (Å²) in [4.78, 5) is 32.1. The lowest BCUT2D eigenvalue weighted by molar-refractivity contribution is 0.0470. The monoisotopic (exact) mass is 580 g/mol. The lowest BCUT2D eigenvalue weighted by Gasteiger charge is -2.33. The van der Waals surface area contributed by atoms with Crippen LogP contribution in [0.3, 0.4) is 0 Å². The molecule has 1 aromatic heterocycles. The number of anilines is 2. The molecule has 1 saturated heterocycles. The highest BCUT2D eigenvalue weighted by Crippen LogP contribution is 2.24. The van der Waals surface area contributed by atoms with Crippen molar-refractivity contribution in [2.75, 3.05) is 23.7 Å². The smallest absolute Gasteiger partial charge is 0.407 e. The van der Waals surface area contributed by atoms with Gasteiger partial charge in [0.05, 0.1) is 12.0 Å². The Kier molecular flexibility index (Phi) is 9.11. The zero-order valence-corrected chi connectivity index (χ0v) is 25.3. The molecule has 0 radical (unpaired) electrons. The van der Waals surface area contributed by atoms with Crippen molar-refractivity contribution < 1.29 is 14.3 Å². The molecule has 0 bridgehead atoms. The molecule has 9 heteroatoms. The third kappa shape index (κ3) is 8.68. The van der Waals surface area contributed by atoms with Crippen molar-refractivity contribution in [3.05, 3.63) is 96.6 Å². The summed E-state index contributed by atoms with van der Waals surface area (Å²) < 4.78 is 7.41.